The maximum absolute atomic E-state index is 12.1. The molecule has 3 aliphatic heterocycles. The van der Waals surface area contributed by atoms with Gasteiger partial charge in [-0.1, -0.05) is 0 Å². The van der Waals surface area contributed by atoms with E-state index in [0.29, 0.717) is 5.57 Å². The predicted molar refractivity (Wildman–Crippen MR) is 77.7 cm³/mol. The van der Waals surface area contributed by atoms with Crippen molar-refractivity contribution in [2.24, 2.45) is 0 Å². The summed E-state index contributed by atoms with van der Waals surface area (Å²) in [5, 5.41) is 16.6. The Balaban J connectivity index is 0.00000144. The van der Waals surface area contributed by atoms with Gasteiger partial charge in [-0.15, -0.1) is 23.5 Å². The summed E-state index contributed by atoms with van der Waals surface area (Å²) in [6.07, 6.45) is 2.74. The molecule has 0 bridgehead atoms. The van der Waals surface area contributed by atoms with Gasteiger partial charge in [0, 0.05) is 11.4 Å². The summed E-state index contributed by atoms with van der Waals surface area (Å²) < 4.78 is 1.95. The van der Waals surface area contributed by atoms with Crippen molar-refractivity contribution < 1.29 is 44.3 Å². The first-order chi connectivity index (χ1) is 10.1. The van der Waals surface area contributed by atoms with Crippen molar-refractivity contribution in [3.63, 3.8) is 0 Å². The zero-order valence-corrected chi connectivity index (χ0v) is 15.4. The summed E-state index contributed by atoms with van der Waals surface area (Å²) in [5.74, 6) is 0.339. The van der Waals surface area contributed by atoms with Crippen LogP contribution in [0.4, 0.5) is 0 Å². The molecule has 1 amide bonds. The Morgan fingerprint density at radius 1 is 1.50 bits per heavy atom. The number of carbonyl (C=O) groups excluding carboxylic acids is 2. The monoisotopic (exact) mass is 343 g/mol. The van der Waals surface area contributed by atoms with Gasteiger partial charge >= 0.3 is 29.6 Å². The third-order valence-electron chi connectivity index (χ3n) is 3.65. The number of aliphatic carboxylic acids is 1. The fraction of sp³-hybridized carbons (Fsp3) is 0.308. The van der Waals surface area contributed by atoms with Gasteiger partial charge in [0.25, 0.3) is 5.91 Å². The quantitative estimate of drug-likeness (QED) is 0.324. The fourth-order valence-corrected chi connectivity index (χ4v) is 4.60. The van der Waals surface area contributed by atoms with Crippen LogP contribution in [0.2, 0.25) is 0 Å². The van der Waals surface area contributed by atoms with Crippen LogP contribution in [0.1, 0.15) is 11.4 Å². The van der Waals surface area contributed by atoms with Crippen molar-refractivity contribution in [1.29, 1.82) is 0 Å². The van der Waals surface area contributed by atoms with E-state index in [4.69, 9.17) is 0 Å². The summed E-state index contributed by atoms with van der Waals surface area (Å²) in [4.78, 5) is 24.3. The fourth-order valence-electron chi connectivity index (χ4n) is 2.61. The Morgan fingerprint density at radius 3 is 3.05 bits per heavy atom. The minimum absolute atomic E-state index is 0. The third-order valence-corrected chi connectivity index (χ3v) is 5.65. The van der Waals surface area contributed by atoms with Gasteiger partial charge in [0.2, 0.25) is 0 Å². The van der Waals surface area contributed by atoms with Gasteiger partial charge in [-0.05, 0) is 24.0 Å². The number of fused-ring (bicyclic) bond motifs is 2. The van der Waals surface area contributed by atoms with E-state index in [1.165, 1.54) is 27.8 Å². The van der Waals surface area contributed by atoms with Crippen LogP contribution in [0, 0.1) is 0 Å². The molecular formula is C13H10N3NaO3S2. The first kappa shape index (κ1) is 16.2. The van der Waals surface area contributed by atoms with Crippen LogP contribution in [0.15, 0.2) is 22.7 Å². The number of thioether (sulfide) groups is 2. The van der Waals surface area contributed by atoms with E-state index >= 15 is 0 Å². The Labute approximate surface area is 157 Å². The summed E-state index contributed by atoms with van der Waals surface area (Å²) in [7, 11) is 0. The molecule has 0 unspecified atom stereocenters. The van der Waals surface area contributed by atoms with Crippen molar-refractivity contribution in [2.75, 3.05) is 5.75 Å². The van der Waals surface area contributed by atoms with Gasteiger partial charge in [0.1, 0.15) is 5.37 Å². The smallest absolute Gasteiger partial charge is 0.543 e. The molecule has 1 aromatic rings. The van der Waals surface area contributed by atoms with E-state index in [0.717, 1.165) is 23.7 Å². The Hall–Kier alpha value is -0.670. The molecule has 4 rings (SSSR count). The summed E-state index contributed by atoms with van der Waals surface area (Å²) >= 11 is 3.14. The van der Waals surface area contributed by atoms with Crippen LogP contribution in [-0.4, -0.2) is 37.7 Å². The minimum Gasteiger partial charge on any atom is -0.543 e. The number of carboxylic acids is 1. The van der Waals surface area contributed by atoms with Gasteiger partial charge in [-0.2, -0.15) is 5.10 Å². The average molecular weight is 343 g/mol. The van der Waals surface area contributed by atoms with Gasteiger partial charge in [-0.25, -0.2) is 0 Å². The van der Waals surface area contributed by atoms with Crippen molar-refractivity contribution in [3.8, 4) is 0 Å². The number of amides is 1. The van der Waals surface area contributed by atoms with E-state index in [-0.39, 0.29) is 46.5 Å². The van der Waals surface area contributed by atoms with Crippen LogP contribution < -0.4 is 34.7 Å². The van der Waals surface area contributed by atoms with Crippen molar-refractivity contribution in [1.82, 2.24) is 14.7 Å². The molecule has 0 radical (unpaired) electrons. The van der Waals surface area contributed by atoms with Crippen LogP contribution in [-0.2, 0) is 21.9 Å². The number of rotatable bonds is 2. The molecule has 0 saturated carbocycles. The molecule has 0 aromatic carbocycles. The van der Waals surface area contributed by atoms with Gasteiger partial charge in [0.05, 0.1) is 28.8 Å². The Kier molecular flexibility index (Phi) is 4.48. The standard InChI is InChI=1S/C13H11N3O3S2.Na/c17-11-9(12-16(11)10(5-21-12)13(18)19)4-7-3-8-1-2-20-6-15(8)14-7;/h3-5,12H,1-2,6H2,(H,18,19);/q;+1/p-1/b9-4-;/t12-;/m1./s1. The molecule has 9 heteroatoms. The first-order valence-electron chi connectivity index (χ1n) is 6.42. The zero-order valence-electron chi connectivity index (χ0n) is 11.8. The molecule has 108 valence electrons. The largest absolute Gasteiger partial charge is 1.00 e. The SMILES string of the molecule is O=C([O-])C1=CS[C@@H]2/C(=C\c3cc4n(n3)CSCC4)C(=O)N12.[Na+]. The minimum atomic E-state index is -1.31. The van der Waals surface area contributed by atoms with Crippen molar-refractivity contribution >= 4 is 41.5 Å². The molecular weight excluding hydrogens is 333 g/mol. The third kappa shape index (κ3) is 2.46. The molecule has 0 N–H and O–H groups in total. The second-order valence-electron chi connectivity index (χ2n) is 4.90. The zero-order chi connectivity index (χ0) is 14.6. The van der Waals surface area contributed by atoms with Gasteiger partial charge in [0.15, 0.2) is 0 Å². The molecule has 1 fully saturated rings. The van der Waals surface area contributed by atoms with Crippen molar-refractivity contribution in [3.05, 3.63) is 34.1 Å². The summed E-state index contributed by atoms with van der Waals surface area (Å²) in [5.41, 5.74) is 2.48. The van der Waals surface area contributed by atoms with Crippen LogP contribution in [0.3, 0.4) is 0 Å². The molecule has 6 nitrogen and oxygen atoms in total. The van der Waals surface area contributed by atoms with Gasteiger partial charge in [-0.3, -0.25) is 14.4 Å². The first-order valence-corrected chi connectivity index (χ1v) is 8.51. The molecule has 1 aromatic heterocycles. The van der Waals surface area contributed by atoms with E-state index in [1.54, 1.807) is 6.08 Å². The number of carboxylic acid groups (broad SMARTS) is 1. The Morgan fingerprint density at radius 2 is 2.32 bits per heavy atom. The van der Waals surface area contributed by atoms with Crippen LogP contribution in [0.25, 0.3) is 6.08 Å². The molecule has 0 spiro atoms. The molecule has 3 aliphatic rings. The number of aromatic nitrogens is 2. The topological polar surface area (TPSA) is 78.3 Å². The van der Waals surface area contributed by atoms with Gasteiger partial charge < -0.3 is 9.90 Å². The molecule has 0 aliphatic carbocycles. The predicted octanol–water partition coefficient (Wildman–Crippen LogP) is -2.98. The summed E-state index contributed by atoms with van der Waals surface area (Å²) in [6, 6.07) is 2.00. The van der Waals surface area contributed by atoms with E-state index in [2.05, 4.69) is 5.10 Å². The Bertz CT molecular complexity index is 705. The second-order valence-corrected chi connectivity index (χ2v) is 6.93. The van der Waals surface area contributed by atoms with Crippen molar-refractivity contribution in [2.45, 2.75) is 17.7 Å². The maximum Gasteiger partial charge on any atom is 1.00 e. The van der Waals surface area contributed by atoms with E-state index < -0.39 is 5.97 Å². The number of aryl methyl sites for hydroxylation is 1. The van der Waals surface area contributed by atoms with E-state index in [9.17, 15) is 14.7 Å². The number of hydrogen-bond donors (Lipinski definition) is 0. The number of β-lactam (4-membered cyclic amide) rings is 1. The number of hydrogen-bond acceptors (Lipinski definition) is 6. The number of nitrogens with zero attached hydrogens (tertiary/aromatic N) is 3. The maximum atomic E-state index is 12.1. The molecule has 22 heavy (non-hydrogen) atoms. The molecule has 1 atom stereocenters. The van der Waals surface area contributed by atoms with Crippen LogP contribution in [0.5, 0.6) is 0 Å². The normalized spacial score (nSPS) is 24.3. The molecule has 4 heterocycles. The van der Waals surface area contributed by atoms with E-state index in [1.807, 2.05) is 22.5 Å². The van der Waals surface area contributed by atoms with Crippen LogP contribution >= 0.6 is 23.5 Å². The molecule has 1 saturated heterocycles. The number of carbonyl (C=O) groups is 2. The summed E-state index contributed by atoms with van der Waals surface area (Å²) in [6.45, 7) is 0. The average Bonchev–Trinajstić information content (AvgIpc) is 3.05. The second kappa shape index (κ2) is 6.09.